The van der Waals surface area contributed by atoms with Crippen molar-refractivity contribution in [2.24, 2.45) is 5.92 Å². The third kappa shape index (κ3) is 6.79. The Labute approximate surface area is 209 Å². The second kappa shape index (κ2) is 11.0. The van der Waals surface area contributed by atoms with Gasteiger partial charge < -0.3 is 15.1 Å². The summed E-state index contributed by atoms with van der Waals surface area (Å²) in [5, 5.41) is 3.93. The topological polar surface area (TPSA) is 51.7 Å². The number of hydrogen-bond acceptors (Lipinski definition) is 5. The van der Waals surface area contributed by atoms with E-state index in [1.807, 2.05) is 36.1 Å². The van der Waals surface area contributed by atoms with Crippen molar-refractivity contribution < 1.29 is 18.0 Å². The minimum Gasteiger partial charge on any atom is -0.369 e. The van der Waals surface area contributed by atoms with Gasteiger partial charge in [-0.15, -0.1) is 0 Å². The molecular weight excluding hydrogens is 479 g/mol. The summed E-state index contributed by atoms with van der Waals surface area (Å²) in [4.78, 5) is 23.5. The number of hydrogen-bond donors (Lipinski definition) is 1. The molecule has 35 heavy (non-hydrogen) atoms. The van der Waals surface area contributed by atoms with Crippen molar-refractivity contribution in [2.45, 2.75) is 32.0 Å². The quantitative estimate of drug-likeness (QED) is 0.616. The minimum atomic E-state index is -4.39. The number of piperazine rings is 1. The Hall–Kier alpha value is -2.52. The molecule has 1 amide bonds. The van der Waals surface area contributed by atoms with Gasteiger partial charge in [0.25, 0.3) is 0 Å². The van der Waals surface area contributed by atoms with E-state index in [4.69, 9.17) is 11.6 Å². The maximum absolute atomic E-state index is 13.0. The first-order valence-electron chi connectivity index (χ1n) is 12.0. The fourth-order valence-corrected chi connectivity index (χ4v) is 4.84. The number of amides is 1. The van der Waals surface area contributed by atoms with Crippen molar-refractivity contribution in [3.63, 3.8) is 0 Å². The number of anilines is 2. The molecule has 1 aromatic heterocycles. The van der Waals surface area contributed by atoms with Crippen LogP contribution >= 0.6 is 11.6 Å². The van der Waals surface area contributed by atoms with E-state index in [1.165, 1.54) is 11.8 Å². The number of piperidine rings is 1. The molecular formula is C25H31ClF3N5O. The molecule has 0 saturated carbocycles. The lowest BCUT2D eigenvalue weighted by Crippen LogP contribution is -2.50. The van der Waals surface area contributed by atoms with E-state index in [-0.39, 0.29) is 17.9 Å². The van der Waals surface area contributed by atoms with Crippen molar-refractivity contribution in [1.82, 2.24) is 14.8 Å². The lowest BCUT2D eigenvalue weighted by molar-refractivity contribution is -0.138. The van der Waals surface area contributed by atoms with Gasteiger partial charge in [0, 0.05) is 74.7 Å². The number of pyridine rings is 1. The predicted molar refractivity (Wildman–Crippen MR) is 132 cm³/mol. The van der Waals surface area contributed by atoms with Gasteiger partial charge >= 0.3 is 6.18 Å². The normalized spacial score (nSPS) is 19.0. The zero-order chi connectivity index (χ0) is 25.0. The summed E-state index contributed by atoms with van der Waals surface area (Å²) >= 11 is 5.98. The second-order valence-electron chi connectivity index (χ2n) is 9.34. The van der Waals surface area contributed by atoms with Crippen LogP contribution in [0.4, 0.5) is 24.7 Å². The summed E-state index contributed by atoms with van der Waals surface area (Å²) in [7, 11) is 0. The van der Waals surface area contributed by atoms with Crippen LogP contribution in [0.25, 0.3) is 0 Å². The van der Waals surface area contributed by atoms with Gasteiger partial charge in [0.2, 0.25) is 5.91 Å². The average molecular weight is 510 g/mol. The average Bonchev–Trinajstić information content (AvgIpc) is 2.85. The molecule has 0 aliphatic carbocycles. The van der Waals surface area contributed by atoms with Crippen LogP contribution in [0.3, 0.4) is 0 Å². The summed E-state index contributed by atoms with van der Waals surface area (Å²) in [5.74, 6) is 0.503. The molecule has 2 aliphatic heterocycles. The van der Waals surface area contributed by atoms with Crippen LogP contribution in [0.5, 0.6) is 0 Å². The summed E-state index contributed by atoms with van der Waals surface area (Å²) in [6.45, 7) is 7.64. The fraction of sp³-hybridized carbons (Fsp3) is 0.520. The molecule has 0 bridgehead atoms. The lowest BCUT2D eigenvalue weighted by Gasteiger charge is -2.38. The van der Waals surface area contributed by atoms with Crippen LogP contribution < -0.4 is 10.2 Å². The van der Waals surface area contributed by atoms with Gasteiger partial charge in [-0.05, 0) is 49.2 Å². The Morgan fingerprint density at radius 1 is 1.06 bits per heavy atom. The molecule has 4 rings (SSSR count). The molecule has 0 spiro atoms. The number of likely N-dealkylation sites (tertiary alicyclic amines) is 1. The highest BCUT2D eigenvalue weighted by Crippen LogP contribution is 2.29. The van der Waals surface area contributed by atoms with Crippen LogP contribution in [-0.2, 0) is 11.0 Å². The molecule has 1 aromatic carbocycles. The van der Waals surface area contributed by atoms with Crippen molar-refractivity contribution >= 4 is 29.0 Å². The van der Waals surface area contributed by atoms with Crippen molar-refractivity contribution in [2.75, 3.05) is 56.0 Å². The van der Waals surface area contributed by atoms with Crippen molar-refractivity contribution in [1.29, 1.82) is 0 Å². The van der Waals surface area contributed by atoms with Crippen LogP contribution in [-0.4, -0.2) is 72.5 Å². The zero-order valence-corrected chi connectivity index (χ0v) is 20.5. The summed E-state index contributed by atoms with van der Waals surface area (Å²) < 4.78 is 38.1. The largest absolute Gasteiger partial charge is 0.417 e. The highest BCUT2D eigenvalue weighted by atomic mass is 35.5. The molecule has 6 nitrogen and oxygen atoms in total. The SMILES string of the molecule is CC(CN1CCN(c2ccc(Cl)cc2)CC1)C(=O)N1CCC(Nc2ccc(C(F)(F)F)cn2)CC1. The van der Waals surface area contributed by atoms with E-state index in [0.29, 0.717) is 18.9 Å². The number of carbonyl (C=O) groups is 1. The van der Waals surface area contributed by atoms with Crippen LogP contribution in [0, 0.1) is 5.92 Å². The third-order valence-corrected chi connectivity index (χ3v) is 7.02. The predicted octanol–water partition coefficient (Wildman–Crippen LogP) is 4.62. The number of benzene rings is 1. The summed E-state index contributed by atoms with van der Waals surface area (Å²) in [6, 6.07) is 10.4. The number of nitrogens with zero attached hydrogens (tertiary/aromatic N) is 4. The van der Waals surface area contributed by atoms with Gasteiger partial charge in [-0.3, -0.25) is 9.69 Å². The second-order valence-corrected chi connectivity index (χ2v) is 9.78. The first-order chi connectivity index (χ1) is 16.7. The van der Waals surface area contributed by atoms with Gasteiger partial charge in [0.15, 0.2) is 0 Å². The smallest absolute Gasteiger partial charge is 0.369 e. The number of halogens is 4. The number of carbonyl (C=O) groups excluding carboxylic acids is 1. The van der Waals surface area contributed by atoms with Crippen LogP contribution in [0.1, 0.15) is 25.3 Å². The monoisotopic (exact) mass is 509 g/mol. The number of nitrogens with one attached hydrogen (secondary N) is 1. The first-order valence-corrected chi connectivity index (χ1v) is 12.4. The molecule has 10 heteroatoms. The van der Waals surface area contributed by atoms with Crippen molar-refractivity contribution in [3.05, 3.63) is 53.2 Å². The number of rotatable bonds is 6. The molecule has 190 valence electrons. The number of aromatic nitrogens is 1. The Morgan fingerprint density at radius 3 is 2.29 bits per heavy atom. The minimum absolute atomic E-state index is 0.0829. The summed E-state index contributed by atoms with van der Waals surface area (Å²) in [6.07, 6.45) is -2.07. The molecule has 3 heterocycles. The Bertz CT molecular complexity index is 970. The van der Waals surface area contributed by atoms with Gasteiger partial charge in [-0.1, -0.05) is 18.5 Å². The van der Waals surface area contributed by atoms with E-state index in [1.54, 1.807) is 0 Å². The summed E-state index contributed by atoms with van der Waals surface area (Å²) in [5.41, 5.74) is 0.407. The highest BCUT2D eigenvalue weighted by molar-refractivity contribution is 6.30. The van der Waals surface area contributed by atoms with Crippen LogP contribution in [0.2, 0.25) is 5.02 Å². The van der Waals surface area contributed by atoms with Gasteiger partial charge in [0.05, 0.1) is 5.56 Å². The highest BCUT2D eigenvalue weighted by Gasteiger charge is 2.31. The molecule has 0 radical (unpaired) electrons. The first kappa shape index (κ1) is 25.6. The molecule has 1 unspecified atom stereocenters. The molecule has 2 aromatic rings. The maximum atomic E-state index is 13.0. The van der Waals surface area contributed by atoms with E-state index < -0.39 is 11.7 Å². The molecule has 2 saturated heterocycles. The van der Waals surface area contributed by atoms with Crippen molar-refractivity contribution in [3.8, 4) is 0 Å². The standard InChI is InChI=1S/C25H31ClF3N5O/c1-18(17-32-12-14-33(15-13-32)22-5-3-20(26)4-6-22)24(35)34-10-8-21(9-11-34)31-23-7-2-19(16-30-23)25(27,28)29/h2-7,16,18,21H,8-15,17H2,1H3,(H,30,31). The maximum Gasteiger partial charge on any atom is 0.417 e. The third-order valence-electron chi connectivity index (χ3n) is 6.77. The fourth-order valence-electron chi connectivity index (χ4n) is 4.72. The lowest BCUT2D eigenvalue weighted by atomic mass is 10.0. The van der Waals surface area contributed by atoms with E-state index in [2.05, 4.69) is 20.1 Å². The Morgan fingerprint density at radius 2 is 1.71 bits per heavy atom. The molecule has 1 atom stereocenters. The Balaban J connectivity index is 1.19. The van der Waals surface area contributed by atoms with E-state index in [0.717, 1.165) is 62.9 Å². The molecule has 2 aliphatic rings. The van der Waals surface area contributed by atoms with Gasteiger partial charge in [-0.25, -0.2) is 4.98 Å². The Kier molecular flexibility index (Phi) is 8.06. The zero-order valence-electron chi connectivity index (χ0n) is 19.8. The molecule has 1 N–H and O–H groups in total. The van der Waals surface area contributed by atoms with Gasteiger partial charge in [-0.2, -0.15) is 13.2 Å². The molecule has 2 fully saturated rings. The van der Waals surface area contributed by atoms with Crippen LogP contribution in [0.15, 0.2) is 42.6 Å². The van der Waals surface area contributed by atoms with Gasteiger partial charge in [0.1, 0.15) is 5.82 Å². The van der Waals surface area contributed by atoms with E-state index in [9.17, 15) is 18.0 Å². The number of alkyl halides is 3. The van der Waals surface area contributed by atoms with E-state index >= 15 is 0 Å².